The van der Waals surface area contributed by atoms with Crippen LogP contribution in [-0.4, -0.2) is 49.1 Å². The van der Waals surface area contributed by atoms with E-state index in [-0.39, 0.29) is 34.8 Å². The van der Waals surface area contributed by atoms with E-state index in [9.17, 15) is 9.59 Å². The summed E-state index contributed by atoms with van der Waals surface area (Å²) in [4.78, 5) is 31.0. The molecular formula is C29H32N2O3. The number of benzene rings is 2. The molecule has 176 valence electrons. The Kier molecular flexibility index (Phi) is 5.14. The van der Waals surface area contributed by atoms with Crippen molar-refractivity contribution in [3.05, 3.63) is 71.8 Å². The molecule has 4 unspecified atom stereocenters. The lowest BCUT2D eigenvalue weighted by Crippen LogP contribution is -2.65. The van der Waals surface area contributed by atoms with E-state index in [0.29, 0.717) is 6.42 Å². The predicted octanol–water partition coefficient (Wildman–Crippen LogP) is 4.56. The summed E-state index contributed by atoms with van der Waals surface area (Å²) in [5.41, 5.74) is 3.17. The standard InChI is InChI=1S/C29H32N2O3/c1-34-26(33)20-28-15-7-18-30-19-17-29(27(28)30)22-10-5-6-11-23(22)31(24(29)14-16-28)25(32)13-12-21-8-3-2-4-9-21/h2-6,8-13,24,27H,7,14-20H2,1H3. The minimum absolute atomic E-state index is 0.0490. The van der Waals surface area contributed by atoms with Crippen molar-refractivity contribution in [3.8, 4) is 0 Å². The summed E-state index contributed by atoms with van der Waals surface area (Å²) in [6.45, 7) is 2.10. The van der Waals surface area contributed by atoms with E-state index < -0.39 is 0 Å². The third kappa shape index (κ3) is 3.02. The van der Waals surface area contributed by atoms with Crippen LogP contribution in [-0.2, 0) is 19.7 Å². The number of ether oxygens (including phenoxy) is 1. The van der Waals surface area contributed by atoms with Gasteiger partial charge in [-0.1, -0.05) is 48.5 Å². The first-order valence-electron chi connectivity index (χ1n) is 12.6. The van der Waals surface area contributed by atoms with Gasteiger partial charge in [-0.3, -0.25) is 14.5 Å². The Bertz CT molecular complexity index is 1150. The van der Waals surface area contributed by atoms with Crippen LogP contribution in [0.2, 0.25) is 0 Å². The highest BCUT2D eigenvalue weighted by molar-refractivity contribution is 6.06. The molecule has 1 aliphatic carbocycles. The maximum absolute atomic E-state index is 13.7. The van der Waals surface area contributed by atoms with E-state index in [1.165, 1.54) is 12.7 Å². The normalized spacial score (nSPS) is 31.7. The highest BCUT2D eigenvalue weighted by Gasteiger charge is 2.69. The van der Waals surface area contributed by atoms with Gasteiger partial charge in [-0.2, -0.15) is 0 Å². The Morgan fingerprint density at radius 2 is 1.82 bits per heavy atom. The average Bonchev–Trinajstić information content (AvgIpc) is 3.41. The summed E-state index contributed by atoms with van der Waals surface area (Å²) in [6.07, 6.45) is 9.21. The quantitative estimate of drug-likeness (QED) is 0.500. The van der Waals surface area contributed by atoms with Crippen molar-refractivity contribution in [1.82, 2.24) is 4.90 Å². The molecule has 1 amide bonds. The Labute approximate surface area is 201 Å². The Hall–Kier alpha value is -2.92. The van der Waals surface area contributed by atoms with Gasteiger partial charge in [0, 0.05) is 29.3 Å². The zero-order chi connectivity index (χ0) is 23.3. The average molecular weight is 457 g/mol. The van der Waals surface area contributed by atoms with Crippen LogP contribution in [0.3, 0.4) is 0 Å². The number of para-hydroxylation sites is 1. The molecule has 4 atom stereocenters. The SMILES string of the molecule is COC(=O)CC12CCCN3CCC4(c5ccccc5N(C(=O)C=Cc5ccccc5)C4CC1)C32. The van der Waals surface area contributed by atoms with Gasteiger partial charge in [-0.25, -0.2) is 0 Å². The predicted molar refractivity (Wildman–Crippen MR) is 132 cm³/mol. The largest absolute Gasteiger partial charge is 0.469 e. The summed E-state index contributed by atoms with van der Waals surface area (Å²) >= 11 is 0. The highest BCUT2D eigenvalue weighted by Crippen LogP contribution is 2.65. The number of piperidine rings is 1. The van der Waals surface area contributed by atoms with Crippen molar-refractivity contribution in [3.63, 3.8) is 0 Å². The summed E-state index contributed by atoms with van der Waals surface area (Å²) in [5.74, 6) is -0.0553. The molecule has 5 nitrogen and oxygen atoms in total. The van der Waals surface area contributed by atoms with E-state index in [4.69, 9.17) is 4.74 Å². The fourth-order valence-corrected chi connectivity index (χ4v) is 7.94. The fraction of sp³-hybridized carbons (Fsp3) is 0.448. The molecule has 2 aromatic rings. The molecule has 4 aliphatic rings. The summed E-state index contributed by atoms with van der Waals surface area (Å²) in [5, 5.41) is 0. The molecular weight excluding hydrogens is 424 g/mol. The van der Waals surface area contributed by atoms with E-state index in [1.807, 2.05) is 42.5 Å². The van der Waals surface area contributed by atoms with Gasteiger partial charge in [-0.15, -0.1) is 0 Å². The van der Waals surface area contributed by atoms with Crippen LogP contribution in [0.4, 0.5) is 5.69 Å². The van der Waals surface area contributed by atoms with Crippen molar-refractivity contribution in [2.24, 2.45) is 5.41 Å². The second kappa shape index (κ2) is 8.09. The molecule has 0 bridgehead atoms. The first-order chi connectivity index (χ1) is 16.6. The third-order valence-corrected chi connectivity index (χ3v) is 9.03. The van der Waals surface area contributed by atoms with Gasteiger partial charge in [-0.05, 0) is 73.9 Å². The van der Waals surface area contributed by atoms with Gasteiger partial charge >= 0.3 is 5.97 Å². The monoisotopic (exact) mass is 456 g/mol. The minimum Gasteiger partial charge on any atom is -0.469 e. The van der Waals surface area contributed by atoms with Gasteiger partial charge in [0.15, 0.2) is 0 Å². The number of carbonyl (C=O) groups is 2. The van der Waals surface area contributed by atoms with Gasteiger partial charge < -0.3 is 9.64 Å². The second-order valence-corrected chi connectivity index (χ2v) is 10.5. The number of amides is 1. The van der Waals surface area contributed by atoms with E-state index in [1.54, 1.807) is 6.08 Å². The molecule has 1 saturated carbocycles. The molecule has 3 aliphatic heterocycles. The molecule has 5 heteroatoms. The molecule has 2 saturated heterocycles. The van der Waals surface area contributed by atoms with Crippen molar-refractivity contribution in [2.45, 2.75) is 56.0 Å². The Morgan fingerprint density at radius 1 is 1.03 bits per heavy atom. The van der Waals surface area contributed by atoms with Crippen LogP contribution < -0.4 is 4.90 Å². The molecule has 1 spiro atoms. The van der Waals surface area contributed by atoms with Crippen LogP contribution in [0.1, 0.15) is 49.7 Å². The number of hydrogen-bond acceptors (Lipinski definition) is 4. The molecule has 6 rings (SSSR count). The maximum Gasteiger partial charge on any atom is 0.306 e. The number of anilines is 1. The van der Waals surface area contributed by atoms with Crippen molar-refractivity contribution < 1.29 is 14.3 Å². The zero-order valence-corrected chi connectivity index (χ0v) is 19.8. The Morgan fingerprint density at radius 3 is 2.65 bits per heavy atom. The van der Waals surface area contributed by atoms with Crippen molar-refractivity contribution >= 4 is 23.6 Å². The number of nitrogens with zero attached hydrogens (tertiary/aromatic N) is 2. The van der Waals surface area contributed by atoms with E-state index in [0.717, 1.165) is 56.4 Å². The lowest BCUT2D eigenvalue weighted by molar-refractivity contribution is -0.148. The zero-order valence-electron chi connectivity index (χ0n) is 19.8. The van der Waals surface area contributed by atoms with E-state index in [2.05, 4.69) is 28.0 Å². The highest BCUT2D eigenvalue weighted by atomic mass is 16.5. The number of carbonyl (C=O) groups excluding carboxylic acids is 2. The van der Waals surface area contributed by atoms with Crippen LogP contribution in [0.25, 0.3) is 6.08 Å². The lowest BCUT2D eigenvalue weighted by Gasteiger charge is -2.58. The number of hydrogen-bond donors (Lipinski definition) is 0. The maximum atomic E-state index is 13.7. The summed E-state index contributed by atoms with van der Waals surface area (Å²) in [7, 11) is 1.50. The van der Waals surface area contributed by atoms with Gasteiger partial charge in [0.2, 0.25) is 0 Å². The topological polar surface area (TPSA) is 49.9 Å². The first kappa shape index (κ1) is 21.6. The van der Waals surface area contributed by atoms with Gasteiger partial charge in [0.05, 0.1) is 13.5 Å². The molecule has 3 heterocycles. The molecule has 0 N–H and O–H groups in total. The van der Waals surface area contributed by atoms with Crippen molar-refractivity contribution in [1.29, 1.82) is 0 Å². The molecule has 0 radical (unpaired) electrons. The van der Waals surface area contributed by atoms with Gasteiger partial charge in [0.25, 0.3) is 5.91 Å². The molecule has 2 aromatic carbocycles. The number of esters is 1. The summed E-state index contributed by atoms with van der Waals surface area (Å²) < 4.78 is 5.17. The van der Waals surface area contributed by atoms with Gasteiger partial charge in [0.1, 0.15) is 0 Å². The molecule has 3 fully saturated rings. The molecule has 34 heavy (non-hydrogen) atoms. The smallest absolute Gasteiger partial charge is 0.306 e. The van der Waals surface area contributed by atoms with Crippen LogP contribution >= 0.6 is 0 Å². The van der Waals surface area contributed by atoms with Crippen LogP contribution in [0, 0.1) is 5.41 Å². The number of methoxy groups -OCH3 is 1. The number of fused-ring (bicyclic) bond motifs is 1. The first-order valence-corrected chi connectivity index (χ1v) is 12.6. The number of rotatable bonds is 4. The minimum atomic E-state index is -0.125. The summed E-state index contributed by atoms with van der Waals surface area (Å²) in [6, 6.07) is 18.9. The van der Waals surface area contributed by atoms with E-state index >= 15 is 0 Å². The second-order valence-electron chi connectivity index (χ2n) is 10.5. The Balaban J connectivity index is 1.43. The molecule has 0 aromatic heterocycles. The fourth-order valence-electron chi connectivity index (χ4n) is 7.94. The van der Waals surface area contributed by atoms with Crippen molar-refractivity contribution in [2.75, 3.05) is 25.1 Å². The van der Waals surface area contributed by atoms with Crippen LogP contribution in [0.5, 0.6) is 0 Å². The third-order valence-electron chi connectivity index (χ3n) is 9.03. The van der Waals surface area contributed by atoms with Crippen LogP contribution in [0.15, 0.2) is 60.7 Å². The lowest BCUT2D eigenvalue weighted by atomic mass is 9.52.